The largest absolute Gasteiger partial charge is 0.496 e. The highest BCUT2D eigenvalue weighted by molar-refractivity contribution is 7.14. The summed E-state index contributed by atoms with van der Waals surface area (Å²) in [5.74, 6) is 0.487. The Balaban J connectivity index is 1.31. The summed E-state index contributed by atoms with van der Waals surface area (Å²) in [6.45, 7) is 1.29. The lowest BCUT2D eigenvalue weighted by Crippen LogP contribution is -2.29. The van der Waals surface area contributed by atoms with Crippen molar-refractivity contribution in [2.75, 3.05) is 17.3 Å². The Morgan fingerprint density at radius 1 is 1.00 bits per heavy atom. The molecule has 1 aliphatic heterocycles. The van der Waals surface area contributed by atoms with Crippen LogP contribution in [0.5, 0.6) is 5.75 Å². The van der Waals surface area contributed by atoms with E-state index in [1.165, 1.54) is 0 Å². The minimum absolute atomic E-state index is 0.0553. The van der Waals surface area contributed by atoms with Gasteiger partial charge in [-0.1, -0.05) is 18.2 Å². The maximum absolute atomic E-state index is 13.4. The topological polar surface area (TPSA) is 63.6 Å². The van der Waals surface area contributed by atoms with E-state index >= 15 is 0 Å². The normalized spacial score (nSPS) is 12.5. The molecular weight excluding hydrogens is 434 g/mol. The van der Waals surface area contributed by atoms with Crippen molar-refractivity contribution in [3.63, 3.8) is 0 Å². The quantitative estimate of drug-likeness (QED) is 0.461. The molecule has 0 unspecified atom stereocenters. The first-order valence-electron chi connectivity index (χ1n) is 10.7. The van der Waals surface area contributed by atoms with Crippen LogP contribution in [0.4, 0.5) is 10.7 Å². The number of nitrogens with zero attached hydrogens (tertiary/aromatic N) is 2. The molecule has 3 heterocycles. The molecule has 0 spiro atoms. The molecule has 33 heavy (non-hydrogen) atoms. The van der Waals surface area contributed by atoms with Crippen molar-refractivity contribution in [1.29, 1.82) is 0 Å². The number of carbonyl (C=O) groups excluding carboxylic acids is 2. The maximum atomic E-state index is 13.4. The molecule has 0 saturated heterocycles. The molecule has 1 aliphatic rings. The predicted octanol–water partition coefficient (Wildman–Crippen LogP) is 4.95. The van der Waals surface area contributed by atoms with Gasteiger partial charge in [-0.25, -0.2) is 0 Å². The highest BCUT2D eigenvalue weighted by atomic mass is 32.1. The molecule has 2 amide bonds. The number of benzene rings is 2. The molecule has 0 radical (unpaired) electrons. The second-order valence-electron chi connectivity index (χ2n) is 7.88. The zero-order valence-corrected chi connectivity index (χ0v) is 19.0. The van der Waals surface area contributed by atoms with Gasteiger partial charge in [0, 0.05) is 34.3 Å². The zero-order valence-electron chi connectivity index (χ0n) is 18.2. The Labute approximate surface area is 196 Å². The lowest BCUT2D eigenvalue weighted by atomic mass is 10.1. The van der Waals surface area contributed by atoms with Gasteiger partial charge < -0.3 is 14.6 Å². The van der Waals surface area contributed by atoms with E-state index < -0.39 is 0 Å². The lowest BCUT2D eigenvalue weighted by molar-refractivity contribution is -0.115. The number of ether oxygens (including phenoxy) is 1. The summed E-state index contributed by atoms with van der Waals surface area (Å²) in [7, 11) is 1.59. The van der Waals surface area contributed by atoms with Gasteiger partial charge in [0.2, 0.25) is 5.91 Å². The average Bonchev–Trinajstić information content (AvgIpc) is 3.45. The molecule has 0 atom stereocenters. The number of fused-ring (bicyclic) bond motifs is 2. The van der Waals surface area contributed by atoms with Gasteiger partial charge in [0.1, 0.15) is 10.8 Å². The van der Waals surface area contributed by atoms with Crippen molar-refractivity contribution in [1.82, 2.24) is 4.57 Å². The number of para-hydroxylation sites is 1. The number of thiophene rings is 1. The van der Waals surface area contributed by atoms with E-state index in [2.05, 4.69) is 22.0 Å². The SMILES string of the molecule is COc1ccccc1CC(=O)Nc1ccc(C(=O)N2Cc3cccn3Cc3ccsc32)cc1. The highest BCUT2D eigenvalue weighted by Gasteiger charge is 2.26. The van der Waals surface area contributed by atoms with Gasteiger partial charge in [0.25, 0.3) is 5.91 Å². The Morgan fingerprint density at radius 3 is 2.64 bits per heavy atom. The van der Waals surface area contributed by atoms with Crippen molar-refractivity contribution >= 4 is 33.8 Å². The minimum atomic E-state index is -0.143. The number of aromatic nitrogens is 1. The molecule has 1 N–H and O–H groups in total. The number of nitrogens with one attached hydrogen (secondary N) is 1. The van der Waals surface area contributed by atoms with Crippen molar-refractivity contribution < 1.29 is 14.3 Å². The maximum Gasteiger partial charge on any atom is 0.259 e. The Hall–Kier alpha value is -3.84. The van der Waals surface area contributed by atoms with Gasteiger partial charge in [-0.3, -0.25) is 14.5 Å². The van der Waals surface area contributed by atoms with Crippen LogP contribution >= 0.6 is 11.3 Å². The van der Waals surface area contributed by atoms with Crippen molar-refractivity contribution in [2.45, 2.75) is 19.5 Å². The van der Waals surface area contributed by atoms with Crippen molar-refractivity contribution in [3.8, 4) is 5.75 Å². The molecule has 6 nitrogen and oxygen atoms in total. The molecule has 0 bridgehead atoms. The molecule has 2 aromatic carbocycles. The fraction of sp³-hybridized carbons (Fsp3) is 0.154. The van der Waals surface area contributed by atoms with Crippen molar-refractivity contribution in [2.24, 2.45) is 0 Å². The molecule has 5 rings (SSSR count). The minimum Gasteiger partial charge on any atom is -0.496 e. The third kappa shape index (κ3) is 4.27. The standard InChI is InChI=1S/C26H23N3O3S/c1-32-23-7-3-2-5-19(23)15-24(30)27-21-10-8-18(9-11-21)25(31)29-17-22-6-4-13-28(22)16-20-12-14-33-26(20)29/h2-14H,15-17H2,1H3,(H,27,30). The molecular formula is C26H23N3O3S. The van der Waals surface area contributed by atoms with Gasteiger partial charge in [-0.2, -0.15) is 0 Å². The van der Waals surface area contributed by atoms with E-state index in [9.17, 15) is 9.59 Å². The fourth-order valence-electron chi connectivity index (χ4n) is 4.09. The smallest absolute Gasteiger partial charge is 0.259 e. The molecule has 0 saturated carbocycles. The summed E-state index contributed by atoms with van der Waals surface area (Å²) in [4.78, 5) is 27.8. The summed E-state index contributed by atoms with van der Waals surface area (Å²) < 4.78 is 7.50. The van der Waals surface area contributed by atoms with Crippen LogP contribution < -0.4 is 15.0 Å². The van der Waals surface area contributed by atoms with Gasteiger partial charge in [0.05, 0.1) is 26.6 Å². The predicted molar refractivity (Wildman–Crippen MR) is 130 cm³/mol. The van der Waals surface area contributed by atoms with E-state index in [-0.39, 0.29) is 18.2 Å². The number of hydrogen-bond acceptors (Lipinski definition) is 4. The summed E-state index contributed by atoms with van der Waals surface area (Å²) in [6, 6.07) is 20.7. The first-order chi connectivity index (χ1) is 16.1. The van der Waals surface area contributed by atoms with Crippen LogP contribution in [-0.4, -0.2) is 23.5 Å². The number of rotatable bonds is 5. The molecule has 166 valence electrons. The van der Waals surface area contributed by atoms with Crippen LogP contribution in [0.25, 0.3) is 0 Å². The van der Waals surface area contributed by atoms with Gasteiger partial charge in [-0.15, -0.1) is 11.3 Å². The van der Waals surface area contributed by atoms with Gasteiger partial charge >= 0.3 is 0 Å². The summed E-state index contributed by atoms with van der Waals surface area (Å²) in [5.41, 5.74) is 4.29. The Bertz CT molecular complexity index is 1310. The number of methoxy groups -OCH3 is 1. The molecule has 2 aromatic heterocycles. The zero-order chi connectivity index (χ0) is 22.8. The van der Waals surface area contributed by atoms with E-state index in [0.717, 1.165) is 28.4 Å². The number of hydrogen-bond donors (Lipinski definition) is 1. The summed E-state index contributed by atoms with van der Waals surface area (Å²) in [5, 5.41) is 5.91. The first kappa shape index (κ1) is 21.0. The third-order valence-corrected chi connectivity index (χ3v) is 6.74. The van der Waals surface area contributed by atoms with Crippen LogP contribution in [0.3, 0.4) is 0 Å². The van der Waals surface area contributed by atoms with E-state index in [4.69, 9.17) is 4.74 Å². The third-order valence-electron chi connectivity index (χ3n) is 5.76. The van der Waals surface area contributed by atoms with E-state index in [1.54, 1.807) is 42.7 Å². The van der Waals surface area contributed by atoms with E-state index in [0.29, 0.717) is 23.5 Å². The van der Waals surface area contributed by atoms with Crippen LogP contribution in [0.1, 0.15) is 27.2 Å². The average molecular weight is 458 g/mol. The van der Waals surface area contributed by atoms with Crippen LogP contribution in [0.2, 0.25) is 0 Å². The molecule has 0 aliphatic carbocycles. The molecule has 0 fully saturated rings. The van der Waals surface area contributed by atoms with Crippen LogP contribution in [0.15, 0.2) is 78.3 Å². The Morgan fingerprint density at radius 2 is 1.82 bits per heavy atom. The Kier molecular flexibility index (Phi) is 5.71. The summed E-state index contributed by atoms with van der Waals surface area (Å²) >= 11 is 1.58. The number of amides is 2. The number of carbonyl (C=O) groups is 2. The number of anilines is 2. The van der Waals surface area contributed by atoms with E-state index in [1.807, 2.05) is 46.8 Å². The second-order valence-corrected chi connectivity index (χ2v) is 8.78. The van der Waals surface area contributed by atoms with Crippen molar-refractivity contribution in [3.05, 3.63) is 101 Å². The first-order valence-corrected chi connectivity index (χ1v) is 11.5. The van der Waals surface area contributed by atoms with Crippen LogP contribution in [0, 0.1) is 0 Å². The van der Waals surface area contributed by atoms with Gasteiger partial charge in [0.15, 0.2) is 0 Å². The lowest BCUT2D eigenvalue weighted by Gasteiger charge is -2.20. The van der Waals surface area contributed by atoms with Gasteiger partial charge in [-0.05, 0) is 53.9 Å². The van der Waals surface area contributed by atoms with Crippen LogP contribution in [-0.2, 0) is 24.3 Å². The monoisotopic (exact) mass is 457 g/mol. The fourth-order valence-corrected chi connectivity index (χ4v) is 5.01. The second kappa shape index (κ2) is 8.96. The highest BCUT2D eigenvalue weighted by Crippen LogP contribution is 2.34. The molecule has 4 aromatic rings. The summed E-state index contributed by atoms with van der Waals surface area (Å²) in [6.07, 6.45) is 2.26. The molecule has 7 heteroatoms.